The molecule has 0 aromatic carbocycles. The summed E-state index contributed by atoms with van der Waals surface area (Å²) in [5.74, 6) is 1.73. The van der Waals surface area contributed by atoms with Crippen LogP contribution >= 0.6 is 11.8 Å². The predicted octanol–water partition coefficient (Wildman–Crippen LogP) is 1.88. The van der Waals surface area contributed by atoms with Crippen LogP contribution in [0.2, 0.25) is 0 Å². The van der Waals surface area contributed by atoms with E-state index in [0.29, 0.717) is 12.0 Å². The van der Waals surface area contributed by atoms with Crippen molar-refractivity contribution in [3.63, 3.8) is 0 Å². The van der Waals surface area contributed by atoms with Gasteiger partial charge in [0.05, 0.1) is 6.10 Å². The van der Waals surface area contributed by atoms with Crippen molar-refractivity contribution in [1.82, 2.24) is 5.32 Å². The lowest BCUT2D eigenvalue weighted by molar-refractivity contribution is 0.107. The number of rotatable bonds is 2. The second-order valence-electron chi connectivity index (χ2n) is 5.07. The third-order valence-corrected chi connectivity index (χ3v) is 4.39. The van der Waals surface area contributed by atoms with E-state index in [0.717, 1.165) is 30.5 Å². The molecule has 86 valence electrons. The van der Waals surface area contributed by atoms with Gasteiger partial charge in [-0.05, 0) is 27.2 Å². The van der Waals surface area contributed by atoms with E-state index >= 15 is 0 Å². The van der Waals surface area contributed by atoms with Gasteiger partial charge in [0.1, 0.15) is 0 Å². The molecule has 0 aromatic heterocycles. The number of amidine groups is 1. The topological polar surface area (TPSA) is 33.6 Å². The lowest BCUT2D eigenvalue weighted by Gasteiger charge is -2.16. The molecule has 0 saturated carbocycles. The number of hydrogen-bond acceptors (Lipinski definition) is 3. The number of aliphatic imine (C=N–C) groups is 1. The maximum atomic E-state index is 5.53. The first-order chi connectivity index (χ1) is 7.07. The molecule has 2 aliphatic heterocycles. The van der Waals surface area contributed by atoms with Gasteiger partial charge in [0.2, 0.25) is 0 Å². The molecule has 2 fully saturated rings. The second kappa shape index (κ2) is 4.34. The van der Waals surface area contributed by atoms with Crippen LogP contribution in [0.3, 0.4) is 0 Å². The van der Waals surface area contributed by atoms with Crippen LogP contribution in [-0.2, 0) is 4.74 Å². The average molecular weight is 228 g/mol. The molecule has 2 unspecified atom stereocenters. The van der Waals surface area contributed by atoms with Crippen molar-refractivity contribution in [1.29, 1.82) is 0 Å². The molecule has 2 saturated heterocycles. The molecule has 0 aromatic rings. The zero-order valence-electron chi connectivity index (χ0n) is 9.75. The molecule has 2 atom stereocenters. The second-order valence-corrected chi connectivity index (χ2v) is 6.03. The van der Waals surface area contributed by atoms with Gasteiger partial charge in [-0.1, -0.05) is 11.8 Å². The summed E-state index contributed by atoms with van der Waals surface area (Å²) in [6.45, 7) is 8.39. The van der Waals surface area contributed by atoms with Crippen LogP contribution < -0.4 is 5.32 Å². The van der Waals surface area contributed by atoms with Crippen LogP contribution in [0.25, 0.3) is 0 Å². The van der Waals surface area contributed by atoms with Crippen LogP contribution in [0.5, 0.6) is 0 Å². The molecule has 0 amide bonds. The predicted molar refractivity (Wildman–Crippen MR) is 65.5 cm³/mol. The summed E-state index contributed by atoms with van der Waals surface area (Å²) in [5, 5.41) is 4.55. The van der Waals surface area contributed by atoms with Crippen molar-refractivity contribution in [2.45, 2.75) is 38.8 Å². The van der Waals surface area contributed by atoms with Gasteiger partial charge in [-0.2, -0.15) is 0 Å². The van der Waals surface area contributed by atoms with Crippen LogP contribution in [0.15, 0.2) is 4.99 Å². The first-order valence-electron chi connectivity index (χ1n) is 5.64. The van der Waals surface area contributed by atoms with Crippen molar-refractivity contribution in [3.05, 3.63) is 0 Å². The Balaban J connectivity index is 1.84. The summed E-state index contributed by atoms with van der Waals surface area (Å²) >= 11 is 1.83. The van der Waals surface area contributed by atoms with Crippen LogP contribution in [0.4, 0.5) is 0 Å². The minimum Gasteiger partial charge on any atom is -0.378 e. The Morgan fingerprint density at radius 3 is 2.93 bits per heavy atom. The zero-order valence-corrected chi connectivity index (χ0v) is 10.6. The lowest BCUT2D eigenvalue weighted by Crippen LogP contribution is -2.37. The molecule has 2 rings (SSSR count). The van der Waals surface area contributed by atoms with Crippen LogP contribution in [0, 0.1) is 5.92 Å². The number of ether oxygens (including phenoxy) is 1. The van der Waals surface area contributed by atoms with Crippen molar-refractivity contribution < 1.29 is 4.74 Å². The summed E-state index contributed by atoms with van der Waals surface area (Å²) in [6, 6.07) is 0. The van der Waals surface area contributed by atoms with E-state index in [1.165, 1.54) is 0 Å². The number of thioether (sulfide) groups is 1. The van der Waals surface area contributed by atoms with Gasteiger partial charge in [0.15, 0.2) is 5.17 Å². The minimum absolute atomic E-state index is 0.210. The molecule has 2 heterocycles. The van der Waals surface area contributed by atoms with E-state index in [-0.39, 0.29) is 5.54 Å². The largest absolute Gasteiger partial charge is 0.378 e. The van der Waals surface area contributed by atoms with Gasteiger partial charge in [0, 0.05) is 30.4 Å². The van der Waals surface area contributed by atoms with Crippen molar-refractivity contribution in [2.75, 3.05) is 18.9 Å². The van der Waals surface area contributed by atoms with E-state index < -0.39 is 0 Å². The van der Waals surface area contributed by atoms with Crippen molar-refractivity contribution >= 4 is 16.9 Å². The maximum Gasteiger partial charge on any atom is 0.157 e. The van der Waals surface area contributed by atoms with Gasteiger partial charge in [0.25, 0.3) is 0 Å². The van der Waals surface area contributed by atoms with E-state index in [4.69, 9.17) is 4.74 Å². The van der Waals surface area contributed by atoms with Gasteiger partial charge in [-0.3, -0.25) is 4.99 Å². The Kier molecular flexibility index (Phi) is 3.26. The Hall–Kier alpha value is -0.220. The Bertz CT molecular complexity index is 265. The molecular formula is C11H20N2OS. The molecule has 0 spiro atoms. The summed E-state index contributed by atoms with van der Waals surface area (Å²) in [7, 11) is 0. The minimum atomic E-state index is 0.210. The summed E-state index contributed by atoms with van der Waals surface area (Å²) < 4.78 is 5.53. The van der Waals surface area contributed by atoms with Gasteiger partial charge in [-0.25, -0.2) is 0 Å². The van der Waals surface area contributed by atoms with Gasteiger partial charge in [-0.15, -0.1) is 0 Å². The molecule has 0 bridgehead atoms. The highest BCUT2D eigenvalue weighted by Crippen LogP contribution is 2.24. The monoisotopic (exact) mass is 228 g/mol. The average Bonchev–Trinajstić information content (AvgIpc) is 2.69. The van der Waals surface area contributed by atoms with Crippen LogP contribution in [0.1, 0.15) is 27.2 Å². The third kappa shape index (κ3) is 2.88. The highest BCUT2D eigenvalue weighted by Gasteiger charge is 2.28. The van der Waals surface area contributed by atoms with Crippen molar-refractivity contribution in [2.24, 2.45) is 10.9 Å². The molecule has 2 aliphatic rings. The fourth-order valence-electron chi connectivity index (χ4n) is 1.91. The number of nitrogens with one attached hydrogen (secondary N) is 1. The molecular weight excluding hydrogens is 208 g/mol. The molecule has 15 heavy (non-hydrogen) atoms. The van der Waals surface area contributed by atoms with Gasteiger partial charge >= 0.3 is 0 Å². The fraction of sp³-hybridized carbons (Fsp3) is 0.909. The molecule has 1 N–H and O–H groups in total. The highest BCUT2D eigenvalue weighted by molar-refractivity contribution is 8.14. The molecule has 4 heteroatoms. The lowest BCUT2D eigenvalue weighted by atomic mass is 10.0. The maximum absolute atomic E-state index is 5.53. The SMILES string of the molecule is CC1OCCC1CN=C1NC(C)(C)CS1. The zero-order chi connectivity index (χ0) is 10.9. The number of nitrogens with zero attached hydrogens (tertiary/aromatic N) is 1. The summed E-state index contributed by atoms with van der Waals surface area (Å²) in [6.07, 6.45) is 1.54. The van der Waals surface area contributed by atoms with Gasteiger partial charge < -0.3 is 10.1 Å². The highest BCUT2D eigenvalue weighted by atomic mass is 32.2. The first-order valence-corrected chi connectivity index (χ1v) is 6.62. The fourth-order valence-corrected chi connectivity index (χ4v) is 3.00. The van der Waals surface area contributed by atoms with Crippen LogP contribution in [-0.4, -0.2) is 35.7 Å². The Morgan fingerprint density at radius 2 is 2.40 bits per heavy atom. The molecule has 0 aliphatic carbocycles. The summed E-state index contributed by atoms with van der Waals surface area (Å²) in [5.41, 5.74) is 0.210. The van der Waals surface area contributed by atoms with E-state index in [2.05, 4.69) is 31.1 Å². The quantitative estimate of drug-likeness (QED) is 0.783. The molecule has 3 nitrogen and oxygen atoms in total. The standard InChI is InChI=1S/C11H20N2OS/c1-8-9(4-5-14-8)6-12-10-13-11(2,3)7-15-10/h8-9H,4-7H2,1-3H3,(H,12,13). The normalized spacial score (nSPS) is 37.1. The Labute approximate surface area is 96.1 Å². The van der Waals surface area contributed by atoms with E-state index in [9.17, 15) is 0 Å². The Morgan fingerprint density at radius 1 is 1.60 bits per heavy atom. The van der Waals surface area contributed by atoms with E-state index in [1.807, 2.05) is 11.8 Å². The smallest absolute Gasteiger partial charge is 0.157 e. The van der Waals surface area contributed by atoms with E-state index in [1.54, 1.807) is 0 Å². The number of hydrogen-bond donors (Lipinski definition) is 1. The third-order valence-electron chi connectivity index (χ3n) is 3.02. The summed E-state index contributed by atoms with van der Waals surface area (Å²) in [4.78, 5) is 4.64. The van der Waals surface area contributed by atoms with Crippen molar-refractivity contribution in [3.8, 4) is 0 Å². The molecule has 0 radical (unpaired) electrons. The first kappa shape index (κ1) is 11.3.